The molecule has 0 radical (unpaired) electrons. The van der Waals surface area contributed by atoms with Crippen LogP contribution >= 0.6 is 0 Å². The lowest BCUT2D eigenvalue weighted by atomic mass is 10.0. The molecular formula is C13H25NO2. The van der Waals surface area contributed by atoms with E-state index in [1.54, 1.807) is 7.11 Å². The van der Waals surface area contributed by atoms with E-state index >= 15 is 0 Å². The van der Waals surface area contributed by atoms with Crippen LogP contribution in [-0.2, 0) is 9.53 Å². The Kier molecular flexibility index (Phi) is 4.78. The maximum atomic E-state index is 12.4. The van der Waals surface area contributed by atoms with Crippen LogP contribution in [0.2, 0.25) is 0 Å². The van der Waals surface area contributed by atoms with Crippen molar-refractivity contribution >= 4 is 5.91 Å². The fraction of sp³-hybridized carbons (Fsp3) is 0.923. The Morgan fingerprint density at radius 3 is 2.56 bits per heavy atom. The monoisotopic (exact) mass is 227 g/mol. The van der Waals surface area contributed by atoms with Gasteiger partial charge >= 0.3 is 0 Å². The summed E-state index contributed by atoms with van der Waals surface area (Å²) in [7, 11) is 1.67. The second kappa shape index (κ2) is 5.67. The molecule has 94 valence electrons. The van der Waals surface area contributed by atoms with Crippen LogP contribution in [-0.4, -0.2) is 36.1 Å². The molecule has 3 nitrogen and oxygen atoms in total. The number of methoxy groups -OCH3 is 1. The highest BCUT2D eigenvalue weighted by atomic mass is 16.5. The van der Waals surface area contributed by atoms with Gasteiger partial charge in [-0.3, -0.25) is 4.79 Å². The zero-order valence-corrected chi connectivity index (χ0v) is 11.2. The van der Waals surface area contributed by atoms with Gasteiger partial charge in [0.25, 0.3) is 0 Å². The highest BCUT2D eigenvalue weighted by molar-refractivity contribution is 5.80. The molecule has 1 saturated heterocycles. The van der Waals surface area contributed by atoms with Gasteiger partial charge in [-0.15, -0.1) is 0 Å². The van der Waals surface area contributed by atoms with E-state index in [2.05, 4.69) is 18.7 Å². The Morgan fingerprint density at radius 2 is 2.06 bits per heavy atom. The van der Waals surface area contributed by atoms with E-state index in [1.807, 2.05) is 13.8 Å². The van der Waals surface area contributed by atoms with E-state index < -0.39 is 0 Å². The largest absolute Gasteiger partial charge is 0.381 e. The Bertz CT molecular complexity index is 242. The van der Waals surface area contributed by atoms with Gasteiger partial charge in [0.2, 0.25) is 5.91 Å². The third-order valence-electron chi connectivity index (χ3n) is 3.98. The lowest BCUT2D eigenvalue weighted by Crippen LogP contribution is -2.45. The molecule has 1 heterocycles. The second-order valence-corrected chi connectivity index (χ2v) is 4.96. The number of carbonyl (C=O) groups excluding carboxylic acids is 1. The molecule has 1 fully saturated rings. The molecule has 16 heavy (non-hydrogen) atoms. The molecule has 0 spiro atoms. The Labute approximate surface area is 99.1 Å². The molecule has 0 aromatic rings. The van der Waals surface area contributed by atoms with Crippen molar-refractivity contribution in [2.75, 3.05) is 7.11 Å². The lowest BCUT2D eigenvalue weighted by Gasteiger charge is -2.32. The first-order chi connectivity index (χ1) is 7.52. The number of amides is 1. The molecule has 1 aliphatic heterocycles. The van der Waals surface area contributed by atoms with E-state index in [0.717, 1.165) is 19.3 Å². The fourth-order valence-corrected chi connectivity index (χ4v) is 2.51. The minimum Gasteiger partial charge on any atom is -0.381 e. The summed E-state index contributed by atoms with van der Waals surface area (Å²) in [5.41, 5.74) is 0. The fourth-order valence-electron chi connectivity index (χ4n) is 2.51. The minimum atomic E-state index is -0.0420. The van der Waals surface area contributed by atoms with Gasteiger partial charge in [-0.2, -0.15) is 0 Å². The molecule has 0 aromatic heterocycles. The van der Waals surface area contributed by atoms with Crippen molar-refractivity contribution in [2.24, 2.45) is 5.92 Å². The smallest absolute Gasteiger partial charge is 0.228 e. The number of carbonyl (C=O) groups is 1. The topological polar surface area (TPSA) is 29.5 Å². The normalized spacial score (nSPS) is 29.2. The summed E-state index contributed by atoms with van der Waals surface area (Å²) in [4.78, 5) is 14.5. The van der Waals surface area contributed by atoms with E-state index in [-0.39, 0.29) is 17.9 Å². The molecule has 0 bridgehead atoms. The predicted octanol–water partition coefficient (Wildman–Crippen LogP) is 2.45. The van der Waals surface area contributed by atoms with Crippen LogP contribution in [0.1, 0.15) is 47.0 Å². The summed E-state index contributed by atoms with van der Waals surface area (Å²) in [6.45, 7) is 8.24. The summed E-state index contributed by atoms with van der Waals surface area (Å²) in [6, 6.07) is 0.831. The van der Waals surface area contributed by atoms with Crippen LogP contribution in [0.4, 0.5) is 0 Å². The van der Waals surface area contributed by atoms with Crippen molar-refractivity contribution in [3.63, 3.8) is 0 Å². The van der Waals surface area contributed by atoms with Crippen LogP contribution < -0.4 is 0 Å². The maximum Gasteiger partial charge on any atom is 0.228 e. The molecule has 0 aromatic carbocycles. The summed E-state index contributed by atoms with van der Waals surface area (Å²) in [5.74, 6) is 0.214. The van der Waals surface area contributed by atoms with Gasteiger partial charge in [0.05, 0.1) is 12.0 Å². The first kappa shape index (κ1) is 13.5. The third kappa shape index (κ3) is 2.57. The van der Waals surface area contributed by atoms with Crippen LogP contribution in [0, 0.1) is 5.92 Å². The van der Waals surface area contributed by atoms with Crippen molar-refractivity contribution in [3.8, 4) is 0 Å². The van der Waals surface area contributed by atoms with Gasteiger partial charge < -0.3 is 9.64 Å². The van der Waals surface area contributed by atoms with Gasteiger partial charge in [-0.1, -0.05) is 13.8 Å². The highest BCUT2D eigenvalue weighted by Gasteiger charge is 2.36. The standard InChI is InChI=1S/C13H25NO2/c1-6-12-8-7-9(2)14(12)13(15)10(3)11(4)16-5/h9-12H,6-8H2,1-5H3. The average Bonchev–Trinajstić information content (AvgIpc) is 2.67. The van der Waals surface area contributed by atoms with Crippen molar-refractivity contribution in [1.82, 2.24) is 4.90 Å². The number of ether oxygens (including phenoxy) is 1. The predicted molar refractivity (Wildman–Crippen MR) is 65.3 cm³/mol. The molecular weight excluding hydrogens is 202 g/mol. The van der Waals surface area contributed by atoms with E-state index in [9.17, 15) is 4.79 Å². The zero-order valence-electron chi connectivity index (χ0n) is 11.2. The van der Waals surface area contributed by atoms with Crippen LogP contribution in [0.5, 0.6) is 0 Å². The molecule has 3 heteroatoms. The highest BCUT2D eigenvalue weighted by Crippen LogP contribution is 2.28. The second-order valence-electron chi connectivity index (χ2n) is 4.96. The Balaban J connectivity index is 2.71. The molecule has 0 N–H and O–H groups in total. The molecule has 1 rings (SSSR count). The van der Waals surface area contributed by atoms with Crippen molar-refractivity contribution < 1.29 is 9.53 Å². The zero-order chi connectivity index (χ0) is 12.3. The van der Waals surface area contributed by atoms with Gasteiger partial charge in [-0.25, -0.2) is 0 Å². The lowest BCUT2D eigenvalue weighted by molar-refractivity contribution is -0.141. The average molecular weight is 227 g/mol. The maximum absolute atomic E-state index is 12.4. The quantitative estimate of drug-likeness (QED) is 0.738. The number of nitrogens with zero attached hydrogens (tertiary/aromatic N) is 1. The van der Waals surface area contributed by atoms with Crippen molar-refractivity contribution in [1.29, 1.82) is 0 Å². The van der Waals surface area contributed by atoms with E-state index in [1.165, 1.54) is 0 Å². The van der Waals surface area contributed by atoms with Crippen LogP contribution in [0.25, 0.3) is 0 Å². The van der Waals surface area contributed by atoms with Crippen molar-refractivity contribution in [2.45, 2.75) is 65.1 Å². The van der Waals surface area contributed by atoms with Crippen LogP contribution in [0.15, 0.2) is 0 Å². The summed E-state index contributed by atoms with van der Waals surface area (Å²) in [5, 5.41) is 0. The SMILES string of the molecule is CCC1CCC(C)N1C(=O)C(C)C(C)OC. The van der Waals surface area contributed by atoms with E-state index in [0.29, 0.717) is 12.1 Å². The molecule has 1 aliphatic rings. The molecule has 4 atom stereocenters. The van der Waals surface area contributed by atoms with Gasteiger partial charge in [0.15, 0.2) is 0 Å². The van der Waals surface area contributed by atoms with Crippen molar-refractivity contribution in [3.05, 3.63) is 0 Å². The minimum absolute atomic E-state index is 0.00203. The van der Waals surface area contributed by atoms with Crippen LogP contribution in [0.3, 0.4) is 0 Å². The number of rotatable bonds is 4. The first-order valence-corrected chi connectivity index (χ1v) is 6.37. The molecule has 0 saturated carbocycles. The van der Waals surface area contributed by atoms with E-state index in [4.69, 9.17) is 4.74 Å². The summed E-state index contributed by atoms with van der Waals surface area (Å²) >= 11 is 0. The van der Waals surface area contributed by atoms with Gasteiger partial charge in [0, 0.05) is 19.2 Å². The summed E-state index contributed by atoms with van der Waals surface area (Å²) in [6.07, 6.45) is 3.35. The molecule has 0 aliphatic carbocycles. The van der Waals surface area contributed by atoms with Gasteiger partial charge in [0.1, 0.15) is 0 Å². The number of hydrogen-bond donors (Lipinski definition) is 0. The Hall–Kier alpha value is -0.570. The first-order valence-electron chi connectivity index (χ1n) is 6.37. The van der Waals surface area contributed by atoms with Gasteiger partial charge in [-0.05, 0) is 33.1 Å². The molecule has 1 amide bonds. The number of likely N-dealkylation sites (tertiary alicyclic amines) is 1. The third-order valence-corrected chi connectivity index (χ3v) is 3.98. The summed E-state index contributed by atoms with van der Waals surface area (Å²) < 4.78 is 5.25. The Morgan fingerprint density at radius 1 is 1.44 bits per heavy atom. The number of hydrogen-bond acceptors (Lipinski definition) is 2. The molecule has 4 unspecified atom stereocenters.